The van der Waals surface area contributed by atoms with E-state index in [9.17, 15) is 23.5 Å². The normalized spacial score (nSPS) is 15.7. The number of carbonyl (C=O) groups is 2. The molecular formula is C22H29F2N4O5+. The van der Waals surface area contributed by atoms with Gasteiger partial charge in [-0.05, 0) is 24.5 Å². The number of aliphatic hydroxyl groups excluding tert-OH is 2. The summed E-state index contributed by atoms with van der Waals surface area (Å²) in [6.45, 7) is 3.37. The topological polar surface area (TPSA) is 140 Å². The molecule has 2 rings (SSSR count). The number of ether oxygens (including phenoxy) is 1. The fourth-order valence-electron chi connectivity index (χ4n) is 3.10. The molecule has 2 unspecified atom stereocenters. The molecule has 1 aliphatic rings. The van der Waals surface area contributed by atoms with Crippen molar-refractivity contribution in [1.82, 2.24) is 10.2 Å². The Morgan fingerprint density at radius 1 is 1.36 bits per heavy atom. The van der Waals surface area contributed by atoms with Gasteiger partial charge in [-0.3, -0.25) is 15.0 Å². The number of halogens is 2. The van der Waals surface area contributed by atoms with Crippen LogP contribution in [-0.2, 0) is 9.59 Å². The molecule has 1 aromatic carbocycles. The van der Waals surface area contributed by atoms with E-state index in [4.69, 9.17) is 15.3 Å². The van der Waals surface area contributed by atoms with E-state index in [1.807, 2.05) is 13.8 Å². The highest BCUT2D eigenvalue weighted by molar-refractivity contribution is 6.05. The number of nitrogens with two attached hydrogens (primary N) is 1. The first-order valence-corrected chi connectivity index (χ1v) is 10.4. The zero-order chi connectivity index (χ0) is 24.5. The van der Waals surface area contributed by atoms with Gasteiger partial charge in [0.2, 0.25) is 5.91 Å². The number of para-hydroxylation sites is 1. The Balaban J connectivity index is 2.04. The quantitative estimate of drug-likeness (QED) is 0.230. The van der Waals surface area contributed by atoms with E-state index >= 15 is 0 Å². The zero-order valence-corrected chi connectivity index (χ0v) is 18.4. The molecule has 0 spiro atoms. The van der Waals surface area contributed by atoms with Crippen LogP contribution in [-0.4, -0.2) is 64.6 Å². The number of amides is 2. The largest absolute Gasteiger partial charge is 0.453 e. The van der Waals surface area contributed by atoms with Crippen molar-refractivity contribution in [2.24, 2.45) is 5.92 Å². The Kier molecular flexibility index (Phi) is 9.64. The Bertz CT molecular complexity index is 915. The van der Waals surface area contributed by atoms with Crippen LogP contribution in [0.1, 0.15) is 20.3 Å². The smallest absolute Gasteiger partial charge is 0.251 e. The van der Waals surface area contributed by atoms with Gasteiger partial charge in [-0.1, -0.05) is 19.9 Å². The zero-order valence-electron chi connectivity index (χ0n) is 18.4. The third kappa shape index (κ3) is 7.74. The summed E-state index contributed by atoms with van der Waals surface area (Å²) in [4.78, 5) is 26.6. The average Bonchev–Trinajstić information content (AvgIpc) is 3.11. The maximum atomic E-state index is 13.9. The number of benzene rings is 1. The number of nitrogens with one attached hydrogen (secondary N) is 2. The first-order valence-electron chi connectivity index (χ1n) is 10.4. The van der Waals surface area contributed by atoms with E-state index in [1.54, 1.807) is 0 Å². The van der Waals surface area contributed by atoms with Gasteiger partial charge >= 0.3 is 0 Å². The van der Waals surface area contributed by atoms with Crippen molar-refractivity contribution < 1.29 is 38.6 Å². The summed E-state index contributed by atoms with van der Waals surface area (Å²) in [6.07, 6.45) is 3.22. The van der Waals surface area contributed by atoms with Crippen molar-refractivity contribution in [1.29, 1.82) is 5.41 Å². The fourth-order valence-corrected chi connectivity index (χ4v) is 3.10. The SMILES string of the molecule is CC(C)CC(C(=O)NC(=N)C=C[NH2+]CC(O)CO)N1CC(Oc2c(F)cccc2F)=CC1=O. The molecule has 0 aromatic heterocycles. The van der Waals surface area contributed by atoms with Crippen molar-refractivity contribution >= 4 is 17.6 Å². The van der Waals surface area contributed by atoms with Crippen LogP contribution in [0.25, 0.3) is 0 Å². The Labute approximate surface area is 190 Å². The monoisotopic (exact) mass is 467 g/mol. The van der Waals surface area contributed by atoms with Gasteiger partial charge in [0.15, 0.2) is 17.4 Å². The van der Waals surface area contributed by atoms with Crippen LogP contribution in [0, 0.1) is 23.0 Å². The van der Waals surface area contributed by atoms with E-state index in [0.29, 0.717) is 6.42 Å². The summed E-state index contributed by atoms with van der Waals surface area (Å²) in [6, 6.07) is 2.32. The Morgan fingerprint density at radius 2 is 2.03 bits per heavy atom. The highest BCUT2D eigenvalue weighted by atomic mass is 19.1. The number of hydrogen-bond acceptors (Lipinski definition) is 6. The molecule has 6 N–H and O–H groups in total. The Hall–Kier alpha value is -3.15. The molecule has 33 heavy (non-hydrogen) atoms. The molecule has 1 aromatic rings. The summed E-state index contributed by atoms with van der Waals surface area (Å²) in [5, 5.41) is 29.9. The number of quaternary nitrogens is 1. The van der Waals surface area contributed by atoms with Gasteiger partial charge in [-0.15, -0.1) is 0 Å². The summed E-state index contributed by atoms with van der Waals surface area (Å²) < 4.78 is 33.0. The summed E-state index contributed by atoms with van der Waals surface area (Å²) >= 11 is 0. The molecule has 0 fully saturated rings. The van der Waals surface area contributed by atoms with E-state index in [2.05, 4.69) is 5.32 Å². The van der Waals surface area contributed by atoms with Gasteiger partial charge in [0.05, 0.1) is 19.4 Å². The number of hydrogen-bond donors (Lipinski definition) is 5. The van der Waals surface area contributed by atoms with Crippen molar-refractivity contribution in [3.63, 3.8) is 0 Å². The van der Waals surface area contributed by atoms with E-state index in [0.717, 1.165) is 18.2 Å². The van der Waals surface area contributed by atoms with Crippen molar-refractivity contribution in [2.75, 3.05) is 19.7 Å². The number of aliphatic hydroxyl groups is 2. The maximum absolute atomic E-state index is 13.9. The second-order valence-electron chi connectivity index (χ2n) is 7.94. The minimum atomic E-state index is -0.936. The van der Waals surface area contributed by atoms with Gasteiger partial charge in [0, 0.05) is 12.2 Å². The highest BCUT2D eigenvalue weighted by Crippen LogP contribution is 2.26. The second kappa shape index (κ2) is 12.2. The Morgan fingerprint density at radius 3 is 2.64 bits per heavy atom. The maximum Gasteiger partial charge on any atom is 0.251 e. The third-order valence-corrected chi connectivity index (χ3v) is 4.70. The molecule has 9 nitrogen and oxygen atoms in total. The van der Waals surface area contributed by atoms with Crippen molar-refractivity contribution in [3.05, 3.63) is 53.9 Å². The molecule has 1 aliphatic heterocycles. The van der Waals surface area contributed by atoms with Crippen LogP contribution < -0.4 is 15.4 Å². The molecule has 2 amide bonds. The van der Waals surface area contributed by atoms with E-state index in [-0.39, 0.29) is 37.2 Å². The number of carbonyl (C=O) groups excluding carboxylic acids is 2. The highest BCUT2D eigenvalue weighted by Gasteiger charge is 2.35. The van der Waals surface area contributed by atoms with Gasteiger partial charge in [-0.2, -0.15) is 0 Å². The summed E-state index contributed by atoms with van der Waals surface area (Å²) in [5.74, 6) is -3.79. The fraction of sp³-hybridized carbons (Fsp3) is 0.409. The van der Waals surface area contributed by atoms with Crippen LogP contribution in [0.2, 0.25) is 0 Å². The molecule has 0 bridgehead atoms. The van der Waals surface area contributed by atoms with E-state index < -0.39 is 41.3 Å². The summed E-state index contributed by atoms with van der Waals surface area (Å²) in [7, 11) is 0. The first-order chi connectivity index (χ1) is 15.6. The summed E-state index contributed by atoms with van der Waals surface area (Å²) in [5.41, 5.74) is 0. The molecule has 0 saturated heterocycles. The molecule has 0 radical (unpaired) electrons. The van der Waals surface area contributed by atoms with Gasteiger partial charge in [0.25, 0.3) is 5.91 Å². The molecule has 11 heteroatoms. The predicted molar refractivity (Wildman–Crippen MR) is 115 cm³/mol. The number of amidine groups is 1. The molecule has 180 valence electrons. The van der Waals surface area contributed by atoms with Crippen LogP contribution in [0.3, 0.4) is 0 Å². The van der Waals surface area contributed by atoms with Crippen molar-refractivity contribution in [3.8, 4) is 5.75 Å². The standard InChI is InChI=1S/C22H28F2N4O5/c1-13(2)8-18(22(32)27-19(25)6-7-26-10-14(30)12-29)28-11-15(9-20(28)31)33-21-16(23)4-3-5-17(21)24/h3-7,9,13-14,18,26,29-30H,8,10-12H2,1-2H3,(H2,25,27,32)/p+1. The molecule has 2 atom stereocenters. The lowest BCUT2D eigenvalue weighted by Gasteiger charge is -2.28. The molecule has 0 saturated carbocycles. The average molecular weight is 467 g/mol. The minimum Gasteiger partial charge on any atom is -0.453 e. The second-order valence-corrected chi connectivity index (χ2v) is 7.94. The predicted octanol–water partition coefficient (Wildman–Crippen LogP) is 0.00817. The van der Waals surface area contributed by atoms with Crippen molar-refractivity contribution in [2.45, 2.75) is 32.4 Å². The van der Waals surface area contributed by atoms with Crippen LogP contribution in [0.4, 0.5) is 8.78 Å². The first kappa shape index (κ1) is 26.1. The number of rotatable bonds is 11. The molecule has 0 aliphatic carbocycles. The molecule has 1 heterocycles. The molecular weight excluding hydrogens is 438 g/mol. The third-order valence-electron chi connectivity index (χ3n) is 4.70. The van der Waals surface area contributed by atoms with E-state index in [1.165, 1.54) is 28.6 Å². The van der Waals surface area contributed by atoms with Gasteiger partial charge < -0.3 is 30.5 Å². The van der Waals surface area contributed by atoms with Crippen LogP contribution in [0.15, 0.2) is 42.3 Å². The lowest BCUT2D eigenvalue weighted by Crippen LogP contribution is -2.81. The lowest BCUT2D eigenvalue weighted by molar-refractivity contribution is -0.595. The van der Waals surface area contributed by atoms with Crippen LogP contribution >= 0.6 is 0 Å². The number of nitrogens with zero attached hydrogens (tertiary/aromatic N) is 1. The minimum absolute atomic E-state index is 0.00225. The lowest BCUT2D eigenvalue weighted by atomic mass is 10.0. The van der Waals surface area contributed by atoms with Gasteiger partial charge in [0.1, 0.15) is 30.3 Å². The van der Waals surface area contributed by atoms with Crippen LogP contribution in [0.5, 0.6) is 5.75 Å². The van der Waals surface area contributed by atoms with Gasteiger partial charge in [-0.25, -0.2) is 8.78 Å².